The van der Waals surface area contributed by atoms with Gasteiger partial charge in [-0.25, -0.2) is 0 Å². The number of carbonyl (C=O) groups excluding carboxylic acids is 1. The Morgan fingerprint density at radius 1 is 1.38 bits per heavy atom. The quantitative estimate of drug-likeness (QED) is 0.921. The number of likely N-dealkylation sites (tertiary alicyclic amines) is 1. The molecule has 1 saturated heterocycles. The van der Waals surface area contributed by atoms with Crippen molar-refractivity contribution in [3.8, 4) is 0 Å². The zero-order valence-corrected chi connectivity index (χ0v) is 12.3. The molecule has 2 N–H and O–H groups in total. The predicted octanol–water partition coefficient (Wildman–Crippen LogP) is 2.43. The van der Waals surface area contributed by atoms with Crippen LogP contribution in [0, 0.1) is 5.92 Å². The van der Waals surface area contributed by atoms with Gasteiger partial charge in [0.1, 0.15) is 0 Å². The first-order valence-corrected chi connectivity index (χ1v) is 7.55. The van der Waals surface area contributed by atoms with Gasteiger partial charge in [0.25, 0.3) is 5.91 Å². The van der Waals surface area contributed by atoms with Crippen molar-refractivity contribution in [3.63, 3.8) is 0 Å². The molecule has 2 aromatic rings. The summed E-state index contributed by atoms with van der Waals surface area (Å²) in [6, 6.07) is 9.78. The highest BCUT2D eigenvalue weighted by atomic mass is 16.2. The minimum Gasteiger partial charge on any atom is -0.334 e. The molecule has 1 fully saturated rings. The summed E-state index contributed by atoms with van der Waals surface area (Å²) >= 11 is 0. The average Bonchev–Trinajstić information content (AvgIpc) is 2.53. The lowest BCUT2D eigenvalue weighted by Crippen LogP contribution is -2.49. The number of nitrogens with two attached hydrogens (primary N) is 1. The second kappa shape index (κ2) is 5.82. The van der Waals surface area contributed by atoms with Crippen LogP contribution in [0.5, 0.6) is 0 Å². The molecular weight excluding hydrogens is 262 g/mol. The molecule has 2 atom stereocenters. The largest absolute Gasteiger partial charge is 0.334 e. The van der Waals surface area contributed by atoms with Crippen LogP contribution in [0.4, 0.5) is 0 Å². The zero-order valence-electron chi connectivity index (χ0n) is 12.3. The number of pyridine rings is 1. The van der Waals surface area contributed by atoms with Gasteiger partial charge in [-0.05, 0) is 30.9 Å². The molecule has 1 aliphatic rings. The first kappa shape index (κ1) is 14.0. The number of para-hydroxylation sites is 1. The second-order valence-electron chi connectivity index (χ2n) is 5.90. The summed E-state index contributed by atoms with van der Waals surface area (Å²) in [7, 11) is 0. The third kappa shape index (κ3) is 2.63. The third-order valence-electron chi connectivity index (χ3n) is 4.37. The Balaban J connectivity index is 1.96. The van der Waals surface area contributed by atoms with Gasteiger partial charge in [0, 0.05) is 30.7 Å². The van der Waals surface area contributed by atoms with E-state index in [2.05, 4.69) is 11.9 Å². The van der Waals surface area contributed by atoms with E-state index in [0.29, 0.717) is 18.0 Å². The van der Waals surface area contributed by atoms with Crippen LogP contribution in [0.25, 0.3) is 10.9 Å². The standard InChI is InChI=1S/C17H21N3O/c1-12-7-9-20(14(10-12)11-18)17(21)15-6-2-4-13-5-3-8-19-16(13)15/h2-6,8,12,14H,7,9-11,18H2,1H3. The van der Waals surface area contributed by atoms with E-state index >= 15 is 0 Å². The van der Waals surface area contributed by atoms with E-state index in [9.17, 15) is 4.79 Å². The van der Waals surface area contributed by atoms with E-state index < -0.39 is 0 Å². The topological polar surface area (TPSA) is 59.2 Å². The summed E-state index contributed by atoms with van der Waals surface area (Å²) in [5.74, 6) is 0.690. The maximum absolute atomic E-state index is 12.9. The molecule has 0 aliphatic carbocycles. The maximum atomic E-state index is 12.9. The Bertz CT molecular complexity index is 650. The Kier molecular flexibility index (Phi) is 3.88. The third-order valence-corrected chi connectivity index (χ3v) is 4.37. The van der Waals surface area contributed by atoms with Crippen molar-refractivity contribution in [1.29, 1.82) is 0 Å². The van der Waals surface area contributed by atoms with E-state index in [1.807, 2.05) is 35.2 Å². The lowest BCUT2D eigenvalue weighted by Gasteiger charge is -2.38. The molecule has 0 radical (unpaired) electrons. The van der Waals surface area contributed by atoms with Crippen molar-refractivity contribution in [1.82, 2.24) is 9.88 Å². The fraction of sp³-hybridized carbons (Fsp3) is 0.412. The van der Waals surface area contributed by atoms with Crippen LogP contribution < -0.4 is 5.73 Å². The van der Waals surface area contributed by atoms with Crippen molar-refractivity contribution in [2.24, 2.45) is 11.7 Å². The van der Waals surface area contributed by atoms with E-state index in [1.54, 1.807) is 6.20 Å². The van der Waals surface area contributed by atoms with Crippen molar-refractivity contribution < 1.29 is 4.79 Å². The van der Waals surface area contributed by atoms with Gasteiger partial charge in [0.05, 0.1) is 11.1 Å². The Labute approximate surface area is 125 Å². The van der Waals surface area contributed by atoms with E-state index in [0.717, 1.165) is 30.3 Å². The average molecular weight is 283 g/mol. The molecule has 1 amide bonds. The number of aromatic nitrogens is 1. The van der Waals surface area contributed by atoms with Crippen molar-refractivity contribution in [3.05, 3.63) is 42.1 Å². The number of hydrogen-bond donors (Lipinski definition) is 1. The monoisotopic (exact) mass is 283 g/mol. The Morgan fingerprint density at radius 2 is 2.19 bits per heavy atom. The zero-order chi connectivity index (χ0) is 14.8. The highest BCUT2D eigenvalue weighted by Crippen LogP contribution is 2.25. The summed E-state index contributed by atoms with van der Waals surface area (Å²) in [6.07, 6.45) is 3.76. The highest BCUT2D eigenvalue weighted by molar-refractivity contribution is 6.05. The molecule has 0 bridgehead atoms. The van der Waals surface area contributed by atoms with E-state index in [4.69, 9.17) is 5.73 Å². The smallest absolute Gasteiger partial charge is 0.256 e. The molecular formula is C17H21N3O. The summed E-state index contributed by atoms with van der Waals surface area (Å²) in [5.41, 5.74) is 7.33. The van der Waals surface area contributed by atoms with Crippen LogP contribution in [0.1, 0.15) is 30.1 Å². The van der Waals surface area contributed by atoms with Crippen LogP contribution in [0.2, 0.25) is 0 Å². The fourth-order valence-electron chi connectivity index (χ4n) is 3.17. The van der Waals surface area contributed by atoms with Gasteiger partial charge < -0.3 is 10.6 Å². The van der Waals surface area contributed by atoms with Gasteiger partial charge in [0.2, 0.25) is 0 Å². The molecule has 21 heavy (non-hydrogen) atoms. The van der Waals surface area contributed by atoms with Crippen LogP contribution in [-0.4, -0.2) is 34.9 Å². The second-order valence-corrected chi connectivity index (χ2v) is 5.90. The van der Waals surface area contributed by atoms with Crippen LogP contribution in [0.3, 0.4) is 0 Å². The predicted molar refractivity (Wildman–Crippen MR) is 84.0 cm³/mol. The lowest BCUT2D eigenvalue weighted by atomic mass is 9.91. The molecule has 1 aromatic heterocycles. The number of carbonyl (C=O) groups is 1. The highest BCUT2D eigenvalue weighted by Gasteiger charge is 2.30. The Hall–Kier alpha value is -1.94. The number of hydrogen-bond acceptors (Lipinski definition) is 3. The van der Waals surface area contributed by atoms with Crippen LogP contribution in [-0.2, 0) is 0 Å². The molecule has 2 unspecified atom stereocenters. The minimum absolute atomic E-state index is 0.0571. The first-order chi connectivity index (χ1) is 10.2. The SMILES string of the molecule is CC1CCN(C(=O)c2cccc3cccnc23)C(CN)C1. The number of fused-ring (bicyclic) bond motifs is 1. The van der Waals surface area contributed by atoms with Gasteiger partial charge in [-0.3, -0.25) is 9.78 Å². The first-order valence-electron chi connectivity index (χ1n) is 7.55. The molecule has 0 saturated carbocycles. The summed E-state index contributed by atoms with van der Waals surface area (Å²) in [6.45, 7) is 3.53. The molecule has 4 heteroatoms. The maximum Gasteiger partial charge on any atom is 0.256 e. The van der Waals surface area contributed by atoms with Crippen LogP contribution in [0.15, 0.2) is 36.5 Å². The van der Waals surface area contributed by atoms with Crippen molar-refractivity contribution in [2.75, 3.05) is 13.1 Å². The van der Waals surface area contributed by atoms with Gasteiger partial charge >= 0.3 is 0 Å². The van der Waals surface area contributed by atoms with Gasteiger partial charge in [0.15, 0.2) is 0 Å². The number of benzene rings is 1. The molecule has 4 nitrogen and oxygen atoms in total. The van der Waals surface area contributed by atoms with Crippen molar-refractivity contribution in [2.45, 2.75) is 25.8 Å². The minimum atomic E-state index is 0.0571. The number of rotatable bonds is 2. The molecule has 2 heterocycles. The summed E-state index contributed by atoms with van der Waals surface area (Å²) < 4.78 is 0. The summed E-state index contributed by atoms with van der Waals surface area (Å²) in [5, 5.41) is 0.998. The molecule has 110 valence electrons. The molecule has 0 spiro atoms. The molecule has 3 rings (SSSR count). The van der Waals surface area contributed by atoms with Gasteiger partial charge in [-0.1, -0.05) is 25.1 Å². The molecule has 1 aromatic carbocycles. The van der Waals surface area contributed by atoms with E-state index in [-0.39, 0.29) is 11.9 Å². The Morgan fingerprint density at radius 3 is 3.00 bits per heavy atom. The van der Waals surface area contributed by atoms with Crippen LogP contribution >= 0.6 is 0 Å². The normalized spacial score (nSPS) is 22.5. The molecule has 1 aliphatic heterocycles. The summed E-state index contributed by atoms with van der Waals surface area (Å²) in [4.78, 5) is 19.2. The number of amides is 1. The van der Waals surface area contributed by atoms with Gasteiger partial charge in [-0.2, -0.15) is 0 Å². The van der Waals surface area contributed by atoms with E-state index in [1.165, 1.54) is 0 Å². The number of piperidine rings is 1. The number of nitrogens with zero attached hydrogens (tertiary/aromatic N) is 2. The lowest BCUT2D eigenvalue weighted by molar-refractivity contribution is 0.0575. The van der Waals surface area contributed by atoms with Crippen molar-refractivity contribution >= 4 is 16.8 Å². The fourth-order valence-corrected chi connectivity index (χ4v) is 3.17. The van der Waals surface area contributed by atoms with Gasteiger partial charge in [-0.15, -0.1) is 0 Å².